The van der Waals surface area contributed by atoms with Crippen LogP contribution in [0.15, 0.2) is 16.4 Å². The fourth-order valence-electron chi connectivity index (χ4n) is 0.740. The van der Waals surface area contributed by atoms with Gasteiger partial charge in [-0.15, -0.1) is 11.8 Å². The van der Waals surface area contributed by atoms with E-state index in [2.05, 4.69) is 9.97 Å². The van der Waals surface area contributed by atoms with E-state index in [1.807, 2.05) is 12.5 Å². The summed E-state index contributed by atoms with van der Waals surface area (Å²) < 4.78 is 0. The first kappa shape index (κ1) is 10.8. The number of thioether (sulfide) groups is 2. The first-order chi connectivity index (χ1) is 6.19. The van der Waals surface area contributed by atoms with Gasteiger partial charge in [-0.3, -0.25) is 4.79 Å². The lowest BCUT2D eigenvalue weighted by Gasteiger charge is -2.02. The van der Waals surface area contributed by atoms with E-state index in [1.165, 1.54) is 29.7 Å². The minimum absolute atomic E-state index is 0.368. The zero-order valence-electron chi connectivity index (χ0n) is 7.07. The molecule has 1 rings (SSSR count). The van der Waals surface area contributed by atoms with E-state index in [4.69, 9.17) is 11.6 Å². The van der Waals surface area contributed by atoms with Crippen LogP contribution in [-0.2, 0) is 0 Å². The first-order valence-corrected chi connectivity index (χ1v) is 6.16. The van der Waals surface area contributed by atoms with Crippen LogP contribution in [0.3, 0.4) is 0 Å². The van der Waals surface area contributed by atoms with Gasteiger partial charge >= 0.3 is 0 Å². The lowest BCUT2D eigenvalue weighted by molar-refractivity contribution is 0.107. The SMILES string of the molecule is CSc1ncc(C(=O)Cl)c(SC)n1. The molecule has 70 valence electrons. The summed E-state index contributed by atoms with van der Waals surface area (Å²) in [5.74, 6) is 0. The van der Waals surface area contributed by atoms with Gasteiger partial charge in [0.1, 0.15) is 5.03 Å². The second kappa shape index (κ2) is 4.83. The molecule has 0 fully saturated rings. The Labute approximate surface area is 89.7 Å². The molecule has 13 heavy (non-hydrogen) atoms. The van der Waals surface area contributed by atoms with E-state index >= 15 is 0 Å². The summed E-state index contributed by atoms with van der Waals surface area (Å²) in [6.45, 7) is 0. The second-order valence-electron chi connectivity index (χ2n) is 2.05. The van der Waals surface area contributed by atoms with Crippen molar-refractivity contribution >= 4 is 40.4 Å². The molecule has 0 saturated carbocycles. The minimum Gasteiger partial charge on any atom is -0.275 e. The van der Waals surface area contributed by atoms with Gasteiger partial charge in [0.15, 0.2) is 5.16 Å². The van der Waals surface area contributed by atoms with Crippen molar-refractivity contribution in [3.8, 4) is 0 Å². The number of nitrogens with zero attached hydrogens (tertiary/aromatic N) is 2. The van der Waals surface area contributed by atoms with Gasteiger partial charge < -0.3 is 0 Å². The third-order valence-electron chi connectivity index (χ3n) is 1.32. The van der Waals surface area contributed by atoms with Gasteiger partial charge in [0, 0.05) is 6.20 Å². The molecule has 0 aliphatic heterocycles. The smallest absolute Gasteiger partial charge is 0.256 e. The molecular weight excluding hydrogens is 228 g/mol. The molecule has 0 radical (unpaired) electrons. The highest BCUT2D eigenvalue weighted by molar-refractivity contribution is 7.99. The third-order valence-corrected chi connectivity index (χ3v) is 2.78. The predicted octanol–water partition coefficient (Wildman–Crippen LogP) is 2.30. The molecule has 0 unspecified atom stereocenters. The van der Waals surface area contributed by atoms with E-state index < -0.39 is 5.24 Å². The summed E-state index contributed by atoms with van der Waals surface area (Å²) >= 11 is 8.16. The van der Waals surface area contributed by atoms with Crippen LogP contribution in [0, 0.1) is 0 Å². The van der Waals surface area contributed by atoms with E-state index in [0.717, 1.165) is 0 Å². The Hall–Kier alpha value is -0.260. The molecule has 0 aliphatic carbocycles. The Morgan fingerprint density at radius 2 is 2.15 bits per heavy atom. The maximum atomic E-state index is 10.9. The summed E-state index contributed by atoms with van der Waals surface area (Å²) in [5.41, 5.74) is 0.368. The number of hydrogen-bond acceptors (Lipinski definition) is 5. The normalized spacial score (nSPS) is 10.1. The summed E-state index contributed by atoms with van der Waals surface area (Å²) in [4.78, 5) is 19.0. The quantitative estimate of drug-likeness (QED) is 0.348. The predicted molar refractivity (Wildman–Crippen MR) is 55.8 cm³/mol. The van der Waals surface area contributed by atoms with E-state index in [1.54, 1.807) is 0 Å². The van der Waals surface area contributed by atoms with Crippen molar-refractivity contribution in [1.29, 1.82) is 0 Å². The van der Waals surface area contributed by atoms with E-state index in [-0.39, 0.29) is 0 Å². The average Bonchev–Trinajstić information content (AvgIpc) is 2.16. The van der Waals surface area contributed by atoms with Crippen LogP contribution in [0.2, 0.25) is 0 Å². The van der Waals surface area contributed by atoms with Gasteiger partial charge in [-0.2, -0.15) is 0 Å². The van der Waals surface area contributed by atoms with Crippen molar-refractivity contribution < 1.29 is 4.79 Å². The largest absolute Gasteiger partial charge is 0.275 e. The molecule has 6 heteroatoms. The van der Waals surface area contributed by atoms with Crippen LogP contribution >= 0.6 is 35.1 Å². The molecule has 0 N–H and O–H groups in total. The van der Waals surface area contributed by atoms with Crippen molar-refractivity contribution in [3.63, 3.8) is 0 Å². The number of carbonyl (C=O) groups excluding carboxylic acids is 1. The molecule has 1 aromatic rings. The van der Waals surface area contributed by atoms with Crippen molar-refractivity contribution in [2.24, 2.45) is 0 Å². The van der Waals surface area contributed by atoms with Gasteiger partial charge in [0.05, 0.1) is 5.56 Å². The number of halogens is 1. The van der Waals surface area contributed by atoms with Crippen molar-refractivity contribution in [2.75, 3.05) is 12.5 Å². The molecule has 0 saturated heterocycles. The topological polar surface area (TPSA) is 42.9 Å². The van der Waals surface area contributed by atoms with Gasteiger partial charge in [-0.05, 0) is 24.1 Å². The molecule has 1 aromatic heterocycles. The highest BCUT2D eigenvalue weighted by Crippen LogP contribution is 2.21. The summed E-state index contributed by atoms with van der Waals surface area (Å²) in [6, 6.07) is 0. The van der Waals surface area contributed by atoms with E-state index in [9.17, 15) is 4.79 Å². The van der Waals surface area contributed by atoms with Crippen LogP contribution in [0.5, 0.6) is 0 Å². The average molecular weight is 235 g/mol. The Morgan fingerprint density at radius 3 is 2.62 bits per heavy atom. The molecule has 0 amide bonds. The lowest BCUT2D eigenvalue weighted by Crippen LogP contribution is -1.98. The number of hydrogen-bond donors (Lipinski definition) is 0. The summed E-state index contributed by atoms with van der Waals surface area (Å²) in [6.07, 6.45) is 5.18. The van der Waals surface area contributed by atoms with Crippen LogP contribution < -0.4 is 0 Å². The Balaban J connectivity index is 3.15. The van der Waals surface area contributed by atoms with Crippen LogP contribution in [0.4, 0.5) is 0 Å². The van der Waals surface area contributed by atoms with Crippen LogP contribution in [-0.4, -0.2) is 27.7 Å². The number of aromatic nitrogens is 2. The molecule has 3 nitrogen and oxygen atoms in total. The maximum absolute atomic E-state index is 10.9. The van der Waals surface area contributed by atoms with Gasteiger partial charge in [-0.1, -0.05) is 11.8 Å². The standard InChI is InChI=1S/C7H7ClN2OS2/c1-12-6-4(5(8)11)3-9-7(10-6)13-2/h3H,1-2H3. The molecular formula is C7H7ClN2OS2. The fourth-order valence-corrected chi connectivity index (χ4v) is 1.88. The highest BCUT2D eigenvalue weighted by Gasteiger charge is 2.11. The summed E-state index contributed by atoms with van der Waals surface area (Å²) in [7, 11) is 0. The first-order valence-electron chi connectivity index (χ1n) is 3.34. The minimum atomic E-state index is -0.517. The molecule has 0 aliphatic rings. The van der Waals surface area contributed by atoms with Crippen LogP contribution in [0.1, 0.15) is 10.4 Å². The second-order valence-corrected chi connectivity index (χ2v) is 3.96. The molecule has 0 aromatic carbocycles. The van der Waals surface area contributed by atoms with E-state index in [0.29, 0.717) is 15.7 Å². The fraction of sp³-hybridized carbons (Fsp3) is 0.286. The molecule has 0 atom stereocenters. The van der Waals surface area contributed by atoms with Crippen molar-refractivity contribution in [1.82, 2.24) is 9.97 Å². The van der Waals surface area contributed by atoms with Crippen LogP contribution in [0.25, 0.3) is 0 Å². The number of carbonyl (C=O) groups is 1. The lowest BCUT2D eigenvalue weighted by atomic mass is 10.4. The highest BCUT2D eigenvalue weighted by atomic mass is 35.5. The monoisotopic (exact) mass is 234 g/mol. The Morgan fingerprint density at radius 1 is 1.46 bits per heavy atom. The molecule has 1 heterocycles. The number of rotatable bonds is 3. The van der Waals surface area contributed by atoms with Crippen molar-refractivity contribution in [3.05, 3.63) is 11.8 Å². The molecule has 0 spiro atoms. The van der Waals surface area contributed by atoms with Gasteiger partial charge in [0.2, 0.25) is 0 Å². The van der Waals surface area contributed by atoms with Gasteiger partial charge in [-0.25, -0.2) is 9.97 Å². The summed E-state index contributed by atoms with van der Waals surface area (Å²) in [5, 5.41) is 0.752. The Bertz CT molecular complexity index is 332. The Kier molecular flexibility index (Phi) is 4.02. The van der Waals surface area contributed by atoms with Crippen molar-refractivity contribution in [2.45, 2.75) is 10.2 Å². The zero-order valence-corrected chi connectivity index (χ0v) is 9.46. The molecule has 0 bridgehead atoms. The third kappa shape index (κ3) is 2.59. The van der Waals surface area contributed by atoms with Gasteiger partial charge in [0.25, 0.3) is 5.24 Å². The zero-order chi connectivity index (χ0) is 9.84. The maximum Gasteiger partial charge on any atom is 0.256 e.